The van der Waals surface area contributed by atoms with E-state index >= 15 is 0 Å². The number of hydrogen-bond acceptors (Lipinski definition) is 6. The van der Waals surface area contributed by atoms with Gasteiger partial charge in [-0.05, 0) is 110 Å². The van der Waals surface area contributed by atoms with Gasteiger partial charge < -0.3 is 19.7 Å². The standard InChI is InChI=1S/C44H34O6S/c1-43(45,35-13-5-3-6-14-35)29-27-33-11-9-17-39(31-33)49-37-19-23-41(24-20-37)51(47,48)42-25-21-38(22-26-42)50-40-18-10-12-34(32-40)28-30-44(2,46)36-15-7-4-8-16-36/h3-26,31-32,45-46H,1-2H3. The van der Waals surface area contributed by atoms with Gasteiger partial charge in [-0.2, -0.15) is 0 Å². The average molecular weight is 691 g/mol. The van der Waals surface area contributed by atoms with Crippen LogP contribution in [0.3, 0.4) is 0 Å². The SMILES string of the molecule is CC(O)(C#Cc1cccc(Oc2ccc(S(=O)(=O)c3ccc(Oc4cccc(C#CC(C)(O)c5ccccc5)c4)cc3)cc2)c1)c1ccccc1. The fourth-order valence-electron chi connectivity index (χ4n) is 5.11. The van der Waals surface area contributed by atoms with Gasteiger partial charge in [0, 0.05) is 11.1 Å². The maximum atomic E-state index is 13.4. The first-order valence-electron chi connectivity index (χ1n) is 16.1. The first kappa shape index (κ1) is 34.8. The normalized spacial score (nSPS) is 13.3. The number of rotatable bonds is 8. The molecular weight excluding hydrogens is 657 g/mol. The highest BCUT2D eigenvalue weighted by molar-refractivity contribution is 7.91. The molecule has 0 saturated heterocycles. The third-order valence-corrected chi connectivity index (χ3v) is 9.77. The van der Waals surface area contributed by atoms with Gasteiger partial charge in [0.2, 0.25) is 9.84 Å². The maximum absolute atomic E-state index is 13.4. The van der Waals surface area contributed by atoms with Gasteiger partial charge in [-0.1, -0.05) is 96.5 Å². The molecule has 6 aromatic carbocycles. The molecule has 7 heteroatoms. The van der Waals surface area contributed by atoms with Crippen molar-refractivity contribution in [2.24, 2.45) is 0 Å². The summed E-state index contributed by atoms with van der Waals surface area (Å²) < 4.78 is 38.8. The van der Waals surface area contributed by atoms with Gasteiger partial charge in [-0.15, -0.1) is 0 Å². The minimum atomic E-state index is -3.82. The number of benzene rings is 6. The molecule has 2 N–H and O–H groups in total. The van der Waals surface area contributed by atoms with Gasteiger partial charge in [0.1, 0.15) is 34.2 Å². The maximum Gasteiger partial charge on any atom is 0.206 e. The molecule has 6 aromatic rings. The molecule has 252 valence electrons. The molecule has 0 saturated carbocycles. The number of sulfone groups is 1. The molecule has 0 spiro atoms. The Bertz CT molecular complexity index is 2200. The monoisotopic (exact) mass is 690 g/mol. The molecule has 2 atom stereocenters. The molecular formula is C44H34O6S. The molecule has 0 heterocycles. The lowest BCUT2D eigenvalue weighted by atomic mass is 9.96. The molecule has 0 aromatic heterocycles. The van der Waals surface area contributed by atoms with E-state index in [0.29, 0.717) is 45.3 Å². The summed E-state index contributed by atoms with van der Waals surface area (Å²) in [6, 6.07) is 45.1. The zero-order valence-electron chi connectivity index (χ0n) is 27.9. The second kappa shape index (κ2) is 14.8. The summed E-state index contributed by atoms with van der Waals surface area (Å²) in [6.07, 6.45) is 0. The summed E-state index contributed by atoms with van der Waals surface area (Å²) in [6.45, 7) is 3.29. The number of aliphatic hydroxyl groups is 2. The number of ether oxygens (including phenoxy) is 2. The third-order valence-electron chi connectivity index (χ3n) is 7.98. The fraction of sp³-hybridized carbons (Fsp3) is 0.0909. The predicted molar refractivity (Wildman–Crippen MR) is 197 cm³/mol. The van der Waals surface area contributed by atoms with Crippen LogP contribution in [0.25, 0.3) is 0 Å². The van der Waals surface area contributed by atoms with Crippen molar-refractivity contribution in [3.63, 3.8) is 0 Å². The highest BCUT2D eigenvalue weighted by Crippen LogP contribution is 2.29. The predicted octanol–water partition coefficient (Wildman–Crippen LogP) is 8.62. The van der Waals surface area contributed by atoms with Crippen molar-refractivity contribution in [2.75, 3.05) is 0 Å². The first-order valence-corrected chi connectivity index (χ1v) is 17.6. The molecule has 0 radical (unpaired) electrons. The highest BCUT2D eigenvalue weighted by atomic mass is 32.2. The molecule has 0 aliphatic carbocycles. The quantitative estimate of drug-likeness (QED) is 0.155. The van der Waals surface area contributed by atoms with Crippen molar-refractivity contribution in [2.45, 2.75) is 34.8 Å². The Kier molecular flexibility index (Phi) is 10.1. The van der Waals surface area contributed by atoms with Gasteiger partial charge in [0.15, 0.2) is 0 Å². The van der Waals surface area contributed by atoms with Crippen LogP contribution in [0.5, 0.6) is 23.0 Å². The van der Waals surface area contributed by atoms with Crippen molar-refractivity contribution >= 4 is 9.84 Å². The summed E-state index contributed by atoms with van der Waals surface area (Å²) in [7, 11) is -3.82. The fourth-order valence-corrected chi connectivity index (χ4v) is 6.38. The summed E-state index contributed by atoms with van der Waals surface area (Å²) in [5.74, 6) is 13.8. The van der Waals surface area contributed by atoms with Gasteiger partial charge in [0.05, 0.1) is 9.79 Å². The van der Waals surface area contributed by atoms with Crippen LogP contribution in [0.15, 0.2) is 168 Å². The van der Waals surface area contributed by atoms with E-state index in [2.05, 4.69) is 23.7 Å². The Hall–Kier alpha value is -6.09. The van der Waals surface area contributed by atoms with E-state index in [9.17, 15) is 18.6 Å². The summed E-state index contributed by atoms with van der Waals surface area (Å²) >= 11 is 0. The molecule has 6 rings (SSSR count). The van der Waals surface area contributed by atoms with Crippen LogP contribution in [0.4, 0.5) is 0 Å². The van der Waals surface area contributed by atoms with E-state index in [1.54, 1.807) is 74.5 Å². The van der Waals surface area contributed by atoms with E-state index in [-0.39, 0.29) is 9.79 Å². The van der Waals surface area contributed by atoms with Crippen molar-refractivity contribution < 1.29 is 28.1 Å². The van der Waals surface area contributed by atoms with Crippen LogP contribution in [-0.4, -0.2) is 18.6 Å². The minimum absolute atomic E-state index is 0.115. The summed E-state index contributed by atoms with van der Waals surface area (Å²) in [5.41, 5.74) is 0.0756. The van der Waals surface area contributed by atoms with Crippen LogP contribution >= 0.6 is 0 Å². The molecule has 51 heavy (non-hydrogen) atoms. The molecule has 2 unspecified atom stereocenters. The van der Waals surface area contributed by atoms with Crippen molar-refractivity contribution in [3.05, 3.63) is 180 Å². The Morgan fingerprint density at radius 2 is 0.843 bits per heavy atom. The Morgan fingerprint density at radius 1 is 0.471 bits per heavy atom. The first-order chi connectivity index (χ1) is 24.5. The lowest BCUT2D eigenvalue weighted by Gasteiger charge is -2.16. The number of hydrogen-bond donors (Lipinski definition) is 2. The second-order valence-corrected chi connectivity index (χ2v) is 14.0. The van der Waals surface area contributed by atoms with E-state index < -0.39 is 21.0 Å². The molecule has 0 aliphatic heterocycles. The van der Waals surface area contributed by atoms with Crippen LogP contribution in [0, 0.1) is 23.7 Å². The lowest BCUT2D eigenvalue weighted by Crippen LogP contribution is -2.18. The topological polar surface area (TPSA) is 93.1 Å². The molecule has 6 nitrogen and oxygen atoms in total. The van der Waals surface area contributed by atoms with Crippen LogP contribution in [0.1, 0.15) is 36.1 Å². The molecule has 0 amide bonds. The average Bonchev–Trinajstić information content (AvgIpc) is 3.15. The van der Waals surface area contributed by atoms with E-state index in [1.807, 2.05) is 72.8 Å². The summed E-state index contributed by atoms with van der Waals surface area (Å²) in [4.78, 5) is 0.230. The van der Waals surface area contributed by atoms with Gasteiger partial charge in [0.25, 0.3) is 0 Å². The van der Waals surface area contributed by atoms with E-state index in [0.717, 1.165) is 0 Å². The van der Waals surface area contributed by atoms with Crippen LogP contribution < -0.4 is 9.47 Å². The van der Waals surface area contributed by atoms with Gasteiger partial charge in [-0.25, -0.2) is 8.42 Å². The minimum Gasteiger partial charge on any atom is -0.457 e. The Balaban J connectivity index is 1.10. The smallest absolute Gasteiger partial charge is 0.206 e. The zero-order valence-corrected chi connectivity index (χ0v) is 28.8. The lowest BCUT2D eigenvalue weighted by molar-refractivity contribution is 0.121. The second-order valence-electron chi connectivity index (χ2n) is 12.1. The Morgan fingerprint density at radius 3 is 1.22 bits per heavy atom. The van der Waals surface area contributed by atoms with Gasteiger partial charge in [-0.3, -0.25) is 0 Å². The highest BCUT2D eigenvalue weighted by Gasteiger charge is 2.21. The van der Waals surface area contributed by atoms with E-state index in [1.165, 1.54) is 24.3 Å². The molecule has 0 fully saturated rings. The van der Waals surface area contributed by atoms with Gasteiger partial charge >= 0.3 is 0 Å². The largest absolute Gasteiger partial charge is 0.457 e. The van der Waals surface area contributed by atoms with Crippen LogP contribution in [-0.2, 0) is 21.0 Å². The summed E-state index contributed by atoms with van der Waals surface area (Å²) in [5, 5.41) is 21.6. The third kappa shape index (κ3) is 8.75. The molecule has 0 aliphatic rings. The van der Waals surface area contributed by atoms with E-state index in [4.69, 9.17) is 9.47 Å². The molecule has 0 bridgehead atoms. The zero-order chi connectivity index (χ0) is 35.9. The van der Waals surface area contributed by atoms with Crippen molar-refractivity contribution in [3.8, 4) is 46.7 Å². The van der Waals surface area contributed by atoms with Crippen molar-refractivity contribution in [1.29, 1.82) is 0 Å². The van der Waals surface area contributed by atoms with Crippen LogP contribution in [0.2, 0.25) is 0 Å². The Labute approximate surface area is 298 Å². The van der Waals surface area contributed by atoms with Crippen molar-refractivity contribution in [1.82, 2.24) is 0 Å².